The van der Waals surface area contributed by atoms with Crippen LogP contribution in [0.5, 0.6) is 28.7 Å². The van der Waals surface area contributed by atoms with Gasteiger partial charge in [0.25, 0.3) is 11.8 Å². The summed E-state index contributed by atoms with van der Waals surface area (Å²) >= 11 is 0. The fourth-order valence-electron chi connectivity index (χ4n) is 8.92. The molecule has 8 rings (SSSR count). The molecule has 3 aromatic rings. The molecule has 11 heteroatoms. The molecule has 5 aliphatic rings. The first-order valence-corrected chi connectivity index (χ1v) is 16.1. The number of benzene rings is 3. The molecule has 1 saturated heterocycles. The summed E-state index contributed by atoms with van der Waals surface area (Å²) in [5.41, 5.74) is 5.65. The van der Waals surface area contributed by atoms with Crippen molar-refractivity contribution in [1.29, 1.82) is 5.26 Å². The van der Waals surface area contributed by atoms with Crippen LogP contribution in [0.2, 0.25) is 0 Å². The molecule has 0 saturated carbocycles. The van der Waals surface area contributed by atoms with E-state index in [1.165, 1.54) is 4.90 Å². The average Bonchev–Trinajstić information content (AvgIpc) is 3.65. The number of nitriles is 1. The highest BCUT2D eigenvalue weighted by atomic mass is 16.7. The van der Waals surface area contributed by atoms with Crippen LogP contribution in [0.3, 0.4) is 0 Å². The van der Waals surface area contributed by atoms with Gasteiger partial charge in [-0.15, -0.1) is 0 Å². The zero-order valence-electron chi connectivity index (χ0n) is 27.3. The second kappa shape index (κ2) is 11.0. The minimum Gasteiger partial charge on any atom is -0.504 e. The molecular formula is C37H36N4O7. The zero-order valence-corrected chi connectivity index (χ0v) is 27.3. The number of ether oxygens (including phenoxy) is 4. The van der Waals surface area contributed by atoms with Gasteiger partial charge in [0.05, 0.1) is 36.4 Å². The molecule has 5 heterocycles. The zero-order chi connectivity index (χ0) is 33.6. The molecule has 0 aliphatic carbocycles. The largest absolute Gasteiger partial charge is 0.504 e. The van der Waals surface area contributed by atoms with Crippen LogP contribution >= 0.6 is 0 Å². The molecule has 0 spiro atoms. The van der Waals surface area contributed by atoms with Crippen LogP contribution in [0.1, 0.15) is 66.2 Å². The van der Waals surface area contributed by atoms with Crippen LogP contribution in [0.25, 0.3) is 0 Å². The number of aryl methyl sites for hydroxylation is 1. The van der Waals surface area contributed by atoms with Crippen molar-refractivity contribution >= 4 is 11.8 Å². The van der Waals surface area contributed by atoms with Crippen LogP contribution in [-0.2, 0) is 12.8 Å². The molecule has 1 N–H and O–H groups in total. The molecule has 0 unspecified atom stereocenters. The van der Waals surface area contributed by atoms with Crippen molar-refractivity contribution in [2.45, 2.75) is 56.9 Å². The Morgan fingerprint density at radius 3 is 2.44 bits per heavy atom. The quantitative estimate of drug-likeness (QED) is 0.304. The molecule has 11 nitrogen and oxygen atoms in total. The predicted molar refractivity (Wildman–Crippen MR) is 174 cm³/mol. The Hall–Kier alpha value is -5.05. The first-order valence-electron chi connectivity index (χ1n) is 16.1. The lowest BCUT2D eigenvalue weighted by molar-refractivity contribution is -0.0758. The van der Waals surface area contributed by atoms with E-state index in [9.17, 15) is 20.0 Å². The summed E-state index contributed by atoms with van der Waals surface area (Å²) in [7, 11) is 3.55. The number of hydrogen-bond acceptors (Lipinski definition) is 10. The van der Waals surface area contributed by atoms with Crippen molar-refractivity contribution in [1.82, 2.24) is 14.7 Å². The molecule has 0 aromatic heterocycles. The highest BCUT2D eigenvalue weighted by Crippen LogP contribution is 2.58. The van der Waals surface area contributed by atoms with Gasteiger partial charge in [0.2, 0.25) is 6.79 Å². The monoisotopic (exact) mass is 648 g/mol. The maximum absolute atomic E-state index is 13.8. The number of methoxy groups -OCH3 is 1. The number of phenols is 1. The Bertz CT molecular complexity index is 1930. The Morgan fingerprint density at radius 2 is 1.77 bits per heavy atom. The second-order valence-corrected chi connectivity index (χ2v) is 13.1. The molecule has 3 aromatic carbocycles. The van der Waals surface area contributed by atoms with Gasteiger partial charge in [0.1, 0.15) is 18.4 Å². The number of nitrogens with zero attached hydrogens (tertiary/aromatic N) is 4. The van der Waals surface area contributed by atoms with E-state index in [4.69, 9.17) is 18.9 Å². The Morgan fingerprint density at radius 1 is 1.06 bits per heavy atom. The van der Waals surface area contributed by atoms with E-state index in [2.05, 4.69) is 28.5 Å². The molecule has 246 valence electrons. The van der Waals surface area contributed by atoms with Crippen molar-refractivity contribution in [3.8, 4) is 34.8 Å². The fourth-order valence-corrected chi connectivity index (χ4v) is 8.92. The minimum atomic E-state index is -0.650. The van der Waals surface area contributed by atoms with Gasteiger partial charge in [0.15, 0.2) is 23.0 Å². The summed E-state index contributed by atoms with van der Waals surface area (Å²) < 4.78 is 24.2. The maximum Gasteiger partial charge on any atom is 0.261 e. The van der Waals surface area contributed by atoms with Gasteiger partial charge in [-0.3, -0.25) is 24.3 Å². The number of carbonyl (C=O) groups is 2. The maximum atomic E-state index is 13.8. The van der Waals surface area contributed by atoms with Crippen molar-refractivity contribution in [2.75, 3.05) is 34.1 Å². The van der Waals surface area contributed by atoms with E-state index in [0.29, 0.717) is 47.0 Å². The number of phenolic OH excluding ortho intramolecular Hbond substituents is 1. The fraction of sp³-hybridized carbons (Fsp3) is 0.378. The first-order chi connectivity index (χ1) is 23.2. The summed E-state index contributed by atoms with van der Waals surface area (Å²) in [6.45, 7) is 7.92. The standard InChI is InChI=1S/C37H36N4O7/c1-6-11-46-33-19(3)34-35(48-17-47-34)29-23(33)14-25-30-28-20(12-18(2)32(45-5)31(28)42)13-24(39(30)4)26(15-38)41(25)27(29)16-40-36(43)21-9-7-8-10-22(21)37(40)44/h6-10,12,24-27,30,42H,1,11,13-14,16-17H2,2-5H3/t24-,25-,26-,27-,30-/m0/s1. The third-order valence-electron chi connectivity index (χ3n) is 10.8. The van der Waals surface area contributed by atoms with Crippen LogP contribution in [0.15, 0.2) is 43.0 Å². The number of carbonyl (C=O) groups excluding carboxylic acids is 2. The van der Waals surface area contributed by atoms with Crippen molar-refractivity contribution in [2.24, 2.45) is 0 Å². The first kappa shape index (κ1) is 30.3. The van der Waals surface area contributed by atoms with Gasteiger partial charge in [-0.25, -0.2) is 0 Å². The third-order valence-corrected chi connectivity index (χ3v) is 10.8. The lowest BCUT2D eigenvalue weighted by atomic mass is 9.71. The average molecular weight is 649 g/mol. The second-order valence-electron chi connectivity index (χ2n) is 13.1. The van der Waals surface area contributed by atoms with Gasteiger partial charge in [0, 0.05) is 40.9 Å². The van der Waals surface area contributed by atoms with E-state index in [-0.39, 0.29) is 55.6 Å². The smallest absolute Gasteiger partial charge is 0.261 e. The topological polar surface area (TPSA) is 125 Å². The summed E-state index contributed by atoms with van der Waals surface area (Å²) in [5, 5.41) is 22.7. The SMILES string of the molecule is C=CCOc1c(C)c2c(c3c1C[C@H]1[C@H]4c5c(cc(C)c(OC)c5O)C[C@@H]([C@H](C#N)N1[C@H]3CN1C(=O)c3ccccc3C1=O)N4C)OCO2. The normalized spacial score (nSPS) is 25.1. The molecule has 5 atom stereocenters. The van der Waals surface area contributed by atoms with E-state index in [1.807, 2.05) is 20.9 Å². The summed E-state index contributed by atoms with van der Waals surface area (Å²) in [6, 6.07) is 9.26. The Balaban J connectivity index is 1.37. The highest BCUT2D eigenvalue weighted by molar-refractivity contribution is 6.21. The molecule has 5 aliphatic heterocycles. The lowest BCUT2D eigenvalue weighted by Crippen LogP contribution is -2.68. The van der Waals surface area contributed by atoms with Crippen molar-refractivity contribution in [3.63, 3.8) is 0 Å². The Labute approximate surface area is 278 Å². The van der Waals surface area contributed by atoms with Gasteiger partial charge < -0.3 is 24.1 Å². The number of hydrogen-bond donors (Lipinski definition) is 1. The summed E-state index contributed by atoms with van der Waals surface area (Å²) in [5.74, 6) is 1.46. The van der Waals surface area contributed by atoms with Gasteiger partial charge in [-0.05, 0) is 57.0 Å². The number of imide groups is 1. The van der Waals surface area contributed by atoms with Crippen LogP contribution in [0.4, 0.5) is 0 Å². The number of fused-ring (bicyclic) bond motifs is 10. The summed E-state index contributed by atoms with van der Waals surface area (Å²) in [4.78, 5) is 33.3. The minimum absolute atomic E-state index is 0.00670. The number of piperazine rings is 1. The van der Waals surface area contributed by atoms with Gasteiger partial charge in [-0.2, -0.15) is 5.26 Å². The molecular weight excluding hydrogens is 612 g/mol. The predicted octanol–water partition coefficient (Wildman–Crippen LogP) is 4.38. The van der Waals surface area contributed by atoms with Gasteiger partial charge >= 0.3 is 0 Å². The van der Waals surface area contributed by atoms with Gasteiger partial charge in [-0.1, -0.05) is 30.9 Å². The number of amides is 2. The lowest BCUT2D eigenvalue weighted by Gasteiger charge is -2.60. The van der Waals surface area contributed by atoms with E-state index < -0.39 is 12.1 Å². The molecule has 48 heavy (non-hydrogen) atoms. The highest BCUT2D eigenvalue weighted by Gasteiger charge is 2.57. The Kier molecular flexibility index (Phi) is 6.95. The van der Waals surface area contributed by atoms with Crippen LogP contribution in [-0.4, -0.2) is 83.8 Å². The van der Waals surface area contributed by atoms with Crippen LogP contribution in [0, 0.1) is 25.2 Å². The third kappa shape index (κ3) is 3.99. The van der Waals surface area contributed by atoms with E-state index >= 15 is 0 Å². The van der Waals surface area contributed by atoms with Crippen LogP contribution < -0.4 is 18.9 Å². The van der Waals surface area contributed by atoms with E-state index in [1.54, 1.807) is 37.5 Å². The molecule has 2 amide bonds. The number of aromatic hydroxyl groups is 1. The number of likely N-dealkylation sites (N-methyl/N-ethyl adjacent to an activating group) is 1. The molecule has 2 bridgehead atoms. The number of rotatable bonds is 6. The molecule has 1 fully saturated rings. The van der Waals surface area contributed by atoms with Crippen molar-refractivity contribution in [3.05, 3.63) is 87.5 Å². The van der Waals surface area contributed by atoms with Crippen molar-refractivity contribution < 1.29 is 33.6 Å². The van der Waals surface area contributed by atoms with E-state index in [0.717, 1.165) is 33.4 Å². The molecule has 0 radical (unpaired) electrons. The summed E-state index contributed by atoms with van der Waals surface area (Å²) in [6.07, 6.45) is 2.64.